The molecule has 27 heavy (non-hydrogen) atoms. The normalized spacial score (nSPS) is 12.3. The van der Waals surface area contributed by atoms with Gasteiger partial charge in [0.1, 0.15) is 11.5 Å². The molecule has 0 unspecified atom stereocenters. The van der Waals surface area contributed by atoms with E-state index in [0.717, 1.165) is 6.26 Å². The van der Waals surface area contributed by atoms with Gasteiger partial charge in [0.05, 0.1) is 16.1 Å². The second-order valence-electron chi connectivity index (χ2n) is 6.19. The number of hydrogen-bond donors (Lipinski definition) is 0. The van der Waals surface area contributed by atoms with E-state index in [1.165, 1.54) is 53.2 Å². The summed E-state index contributed by atoms with van der Waals surface area (Å²) in [4.78, 5) is 0.115. The molecule has 0 atom stereocenters. The van der Waals surface area contributed by atoms with Gasteiger partial charge in [0.25, 0.3) is 6.43 Å². The molecule has 0 saturated carbocycles. The number of rotatable bonds is 3. The van der Waals surface area contributed by atoms with Gasteiger partial charge in [-0.25, -0.2) is 26.3 Å². The van der Waals surface area contributed by atoms with Gasteiger partial charge in [-0.2, -0.15) is 5.10 Å². The molecule has 4 nitrogen and oxygen atoms in total. The molecule has 0 bridgehead atoms. The first-order chi connectivity index (χ1) is 12.8. The number of halogens is 3. The predicted molar refractivity (Wildman–Crippen MR) is 96.6 cm³/mol. The topological polar surface area (TPSA) is 52.0 Å². The Morgan fingerprint density at radius 1 is 0.963 bits per heavy atom. The molecule has 3 aromatic carbocycles. The van der Waals surface area contributed by atoms with Crippen LogP contribution in [-0.4, -0.2) is 24.5 Å². The van der Waals surface area contributed by atoms with E-state index in [2.05, 4.69) is 5.10 Å². The summed E-state index contributed by atoms with van der Waals surface area (Å²) in [5, 5.41) is 5.43. The minimum Gasteiger partial charge on any atom is -0.232 e. The monoisotopic (exact) mass is 390 g/mol. The van der Waals surface area contributed by atoms with Crippen LogP contribution < -0.4 is 0 Å². The zero-order valence-electron chi connectivity index (χ0n) is 14.0. The molecule has 1 aromatic heterocycles. The largest absolute Gasteiger partial charge is 0.282 e. The van der Waals surface area contributed by atoms with Crippen molar-refractivity contribution in [2.24, 2.45) is 0 Å². The smallest absolute Gasteiger partial charge is 0.232 e. The molecule has 0 radical (unpaired) electrons. The number of sulfone groups is 1. The lowest BCUT2D eigenvalue weighted by Crippen LogP contribution is -2.00. The zero-order chi connectivity index (χ0) is 19.3. The SMILES string of the molecule is CS(=O)(=O)c1ccc(-n2nc(C(F)F)c3ccc4cc(F)ccc4c32)cc1. The van der Waals surface area contributed by atoms with E-state index < -0.39 is 22.1 Å². The lowest BCUT2D eigenvalue weighted by molar-refractivity contribution is 0.147. The molecule has 0 fully saturated rings. The van der Waals surface area contributed by atoms with Crippen molar-refractivity contribution < 1.29 is 21.6 Å². The van der Waals surface area contributed by atoms with Crippen LogP contribution in [0.1, 0.15) is 12.1 Å². The van der Waals surface area contributed by atoms with Crippen LogP contribution in [0.5, 0.6) is 0 Å². The van der Waals surface area contributed by atoms with Crippen LogP contribution in [0, 0.1) is 5.82 Å². The Bertz CT molecular complexity index is 1280. The van der Waals surface area contributed by atoms with Gasteiger partial charge in [0.15, 0.2) is 9.84 Å². The van der Waals surface area contributed by atoms with Crippen LogP contribution in [0.3, 0.4) is 0 Å². The highest BCUT2D eigenvalue weighted by Crippen LogP contribution is 2.34. The van der Waals surface area contributed by atoms with Crippen LogP contribution in [0.4, 0.5) is 13.2 Å². The van der Waals surface area contributed by atoms with Crippen molar-refractivity contribution in [2.75, 3.05) is 6.26 Å². The summed E-state index contributed by atoms with van der Waals surface area (Å²) < 4.78 is 65.2. The van der Waals surface area contributed by atoms with Crippen molar-refractivity contribution >= 4 is 31.5 Å². The van der Waals surface area contributed by atoms with Crippen LogP contribution in [0.25, 0.3) is 27.4 Å². The van der Waals surface area contributed by atoms with E-state index in [0.29, 0.717) is 22.0 Å². The Kier molecular flexibility index (Phi) is 3.96. The molecule has 0 saturated heterocycles. The molecule has 4 aromatic rings. The van der Waals surface area contributed by atoms with Crippen LogP contribution >= 0.6 is 0 Å². The number of hydrogen-bond acceptors (Lipinski definition) is 3. The Labute approximate surface area is 152 Å². The van der Waals surface area contributed by atoms with Crippen LogP contribution in [0.2, 0.25) is 0 Å². The Morgan fingerprint density at radius 2 is 1.63 bits per heavy atom. The standard InChI is InChI=1S/C19H13F3N2O2S/c1-27(25,26)14-6-4-13(5-7-14)24-18-15-9-3-12(20)10-11(15)2-8-16(18)17(23-24)19(21)22/h2-10,19H,1H3. The first-order valence-corrected chi connectivity index (χ1v) is 9.84. The van der Waals surface area contributed by atoms with E-state index in [-0.39, 0.29) is 16.0 Å². The summed E-state index contributed by atoms with van der Waals surface area (Å²) >= 11 is 0. The summed E-state index contributed by atoms with van der Waals surface area (Å²) in [6.07, 6.45) is -1.70. The van der Waals surface area contributed by atoms with Gasteiger partial charge in [0, 0.05) is 17.0 Å². The molecule has 138 valence electrons. The average molecular weight is 390 g/mol. The second-order valence-corrected chi connectivity index (χ2v) is 8.21. The van der Waals surface area contributed by atoms with Gasteiger partial charge >= 0.3 is 0 Å². The van der Waals surface area contributed by atoms with Crippen molar-refractivity contribution in [3.05, 3.63) is 66.1 Å². The molecule has 0 spiro atoms. The third-order valence-electron chi connectivity index (χ3n) is 4.37. The number of benzene rings is 3. The minimum atomic E-state index is -3.38. The maximum absolute atomic E-state index is 13.6. The fourth-order valence-corrected chi connectivity index (χ4v) is 3.74. The summed E-state index contributed by atoms with van der Waals surface area (Å²) in [6, 6.07) is 13.0. The van der Waals surface area contributed by atoms with Gasteiger partial charge in [-0.15, -0.1) is 0 Å². The average Bonchev–Trinajstić information content (AvgIpc) is 3.01. The van der Waals surface area contributed by atoms with Crippen molar-refractivity contribution in [2.45, 2.75) is 11.3 Å². The fraction of sp³-hybridized carbons (Fsp3) is 0.105. The molecule has 4 rings (SSSR count). The van der Waals surface area contributed by atoms with E-state index >= 15 is 0 Å². The number of fused-ring (bicyclic) bond motifs is 3. The Morgan fingerprint density at radius 3 is 2.26 bits per heavy atom. The summed E-state index contributed by atoms with van der Waals surface area (Å²) in [5.41, 5.74) is 0.453. The van der Waals surface area contributed by atoms with Crippen molar-refractivity contribution in [1.29, 1.82) is 0 Å². The van der Waals surface area contributed by atoms with E-state index in [1.54, 1.807) is 6.07 Å². The summed E-state index contributed by atoms with van der Waals surface area (Å²) in [7, 11) is -3.38. The molecule has 0 amide bonds. The second kappa shape index (κ2) is 6.09. The first-order valence-electron chi connectivity index (χ1n) is 7.95. The van der Waals surface area contributed by atoms with Crippen molar-refractivity contribution in [3.63, 3.8) is 0 Å². The highest BCUT2D eigenvalue weighted by molar-refractivity contribution is 7.90. The highest BCUT2D eigenvalue weighted by Gasteiger charge is 2.21. The van der Waals surface area contributed by atoms with E-state index in [9.17, 15) is 21.6 Å². The fourth-order valence-electron chi connectivity index (χ4n) is 3.11. The Hall–Kier alpha value is -2.87. The van der Waals surface area contributed by atoms with Crippen LogP contribution in [-0.2, 0) is 9.84 Å². The molecule has 1 heterocycles. The van der Waals surface area contributed by atoms with Gasteiger partial charge in [-0.1, -0.05) is 12.1 Å². The molecular weight excluding hydrogens is 377 g/mol. The van der Waals surface area contributed by atoms with E-state index in [1.807, 2.05) is 0 Å². The number of aromatic nitrogens is 2. The molecule has 0 aliphatic heterocycles. The molecular formula is C19H13F3N2O2S. The molecule has 0 aliphatic carbocycles. The summed E-state index contributed by atoms with van der Waals surface area (Å²) in [5.74, 6) is -0.431. The number of alkyl halides is 2. The lowest BCUT2D eigenvalue weighted by atomic mass is 10.1. The highest BCUT2D eigenvalue weighted by atomic mass is 32.2. The first kappa shape index (κ1) is 17.5. The minimum absolute atomic E-state index is 0.115. The number of nitrogens with zero attached hydrogens (tertiary/aromatic N) is 2. The molecule has 0 aliphatic rings. The van der Waals surface area contributed by atoms with E-state index in [4.69, 9.17) is 0 Å². The maximum Gasteiger partial charge on any atom is 0.282 e. The van der Waals surface area contributed by atoms with Crippen molar-refractivity contribution in [3.8, 4) is 5.69 Å². The predicted octanol–water partition coefficient (Wildman–Crippen LogP) is 4.66. The summed E-state index contributed by atoms with van der Waals surface area (Å²) in [6.45, 7) is 0. The molecule has 0 N–H and O–H groups in total. The van der Waals surface area contributed by atoms with Gasteiger partial charge in [-0.3, -0.25) is 0 Å². The third kappa shape index (κ3) is 2.95. The van der Waals surface area contributed by atoms with Crippen molar-refractivity contribution in [1.82, 2.24) is 9.78 Å². The Balaban J connectivity index is 2.04. The van der Waals surface area contributed by atoms with Gasteiger partial charge in [-0.05, 0) is 47.9 Å². The zero-order valence-corrected chi connectivity index (χ0v) is 14.8. The third-order valence-corrected chi connectivity index (χ3v) is 5.49. The van der Waals surface area contributed by atoms with Crippen LogP contribution in [0.15, 0.2) is 59.5 Å². The van der Waals surface area contributed by atoms with Gasteiger partial charge in [0.2, 0.25) is 0 Å². The van der Waals surface area contributed by atoms with Gasteiger partial charge < -0.3 is 0 Å². The molecule has 8 heteroatoms. The quantitative estimate of drug-likeness (QED) is 0.511. The lowest BCUT2D eigenvalue weighted by Gasteiger charge is -2.07. The maximum atomic E-state index is 13.6.